The third-order valence-electron chi connectivity index (χ3n) is 6.48. The second kappa shape index (κ2) is 10.4. The summed E-state index contributed by atoms with van der Waals surface area (Å²) in [6.45, 7) is 9.02. The number of nitro benzene ring substituents is 1. The van der Waals surface area contributed by atoms with Gasteiger partial charge in [0.25, 0.3) is 5.69 Å². The Morgan fingerprint density at radius 2 is 1.97 bits per heavy atom. The quantitative estimate of drug-likeness (QED) is 0.371. The van der Waals surface area contributed by atoms with Crippen LogP contribution in [0.3, 0.4) is 0 Å². The van der Waals surface area contributed by atoms with Gasteiger partial charge in [-0.15, -0.1) is 0 Å². The summed E-state index contributed by atoms with van der Waals surface area (Å²) >= 11 is 0. The lowest BCUT2D eigenvalue weighted by Gasteiger charge is -2.27. The van der Waals surface area contributed by atoms with E-state index in [1.807, 2.05) is 26.8 Å². The number of ether oxygens (including phenoxy) is 1. The minimum Gasteiger partial charge on any atom is -0.375 e. The molecule has 1 aliphatic rings. The van der Waals surface area contributed by atoms with Gasteiger partial charge in [-0.05, 0) is 74.1 Å². The number of carbonyl (C=O) groups is 1. The smallest absolute Gasteiger partial charge is 0.270 e. The molecule has 0 spiro atoms. The minimum absolute atomic E-state index is 0.0104. The Bertz CT molecular complexity index is 1370. The van der Waals surface area contributed by atoms with E-state index in [0.29, 0.717) is 24.7 Å². The highest BCUT2D eigenvalue weighted by Gasteiger charge is 2.20. The highest BCUT2D eigenvalue weighted by Crippen LogP contribution is 2.33. The monoisotopic (exact) mass is 489 g/mol. The normalized spacial score (nSPS) is 14.5. The second-order valence-electron chi connectivity index (χ2n) is 9.28. The molecule has 0 aliphatic carbocycles. The summed E-state index contributed by atoms with van der Waals surface area (Å²) in [7, 11) is 1.53. The van der Waals surface area contributed by atoms with Crippen LogP contribution in [0.2, 0.25) is 0 Å². The fourth-order valence-corrected chi connectivity index (χ4v) is 4.64. The maximum atomic E-state index is 12.2. The van der Waals surface area contributed by atoms with Crippen molar-refractivity contribution in [2.75, 3.05) is 32.1 Å². The van der Waals surface area contributed by atoms with Crippen molar-refractivity contribution in [3.63, 3.8) is 0 Å². The number of aryl methyl sites for hydroxylation is 3. The summed E-state index contributed by atoms with van der Waals surface area (Å²) in [5.41, 5.74) is 5.95. The van der Waals surface area contributed by atoms with E-state index in [4.69, 9.17) is 4.74 Å². The van der Waals surface area contributed by atoms with Crippen LogP contribution in [0.5, 0.6) is 0 Å². The first-order chi connectivity index (χ1) is 17.2. The Balaban J connectivity index is 1.68. The lowest BCUT2D eigenvalue weighted by Crippen LogP contribution is -2.36. The first-order valence-electron chi connectivity index (χ1n) is 11.9. The predicted molar refractivity (Wildman–Crippen MR) is 140 cm³/mol. The first-order valence-corrected chi connectivity index (χ1v) is 11.9. The molecule has 1 atom stereocenters. The molecule has 0 bridgehead atoms. The van der Waals surface area contributed by atoms with E-state index in [1.165, 1.54) is 12.7 Å². The zero-order chi connectivity index (χ0) is 26.0. The number of rotatable bonds is 7. The van der Waals surface area contributed by atoms with Crippen LogP contribution in [0.25, 0.3) is 16.5 Å². The van der Waals surface area contributed by atoms with Crippen LogP contribution in [0.15, 0.2) is 36.4 Å². The van der Waals surface area contributed by atoms with E-state index >= 15 is 0 Å². The molecule has 0 saturated heterocycles. The van der Waals surface area contributed by atoms with Gasteiger partial charge < -0.3 is 15.0 Å². The number of aromatic nitrogens is 2. The van der Waals surface area contributed by atoms with Crippen LogP contribution >= 0.6 is 0 Å². The van der Waals surface area contributed by atoms with Crippen LogP contribution < -0.4 is 5.32 Å². The van der Waals surface area contributed by atoms with Gasteiger partial charge in [-0.25, -0.2) is 9.97 Å². The molecule has 1 N–H and O–H groups in total. The summed E-state index contributed by atoms with van der Waals surface area (Å²) in [4.78, 5) is 34.3. The van der Waals surface area contributed by atoms with Crippen molar-refractivity contribution in [3.8, 4) is 0 Å². The number of hydrogen-bond acceptors (Lipinski definition) is 7. The van der Waals surface area contributed by atoms with Crippen molar-refractivity contribution >= 4 is 33.9 Å². The molecule has 4 rings (SSSR count). The van der Waals surface area contributed by atoms with E-state index < -0.39 is 0 Å². The number of methoxy groups -OCH3 is 1. The molecule has 0 radical (unpaired) electrons. The highest BCUT2D eigenvalue weighted by atomic mass is 16.6. The zero-order valence-electron chi connectivity index (χ0n) is 21.3. The number of benzene rings is 2. The van der Waals surface area contributed by atoms with Crippen LogP contribution in [-0.4, -0.2) is 52.5 Å². The summed E-state index contributed by atoms with van der Waals surface area (Å²) < 4.78 is 4.98. The van der Waals surface area contributed by atoms with Gasteiger partial charge in [0, 0.05) is 37.7 Å². The predicted octanol–water partition coefficient (Wildman–Crippen LogP) is 4.90. The van der Waals surface area contributed by atoms with Gasteiger partial charge in [-0.1, -0.05) is 12.1 Å². The zero-order valence-corrected chi connectivity index (χ0v) is 21.3. The highest BCUT2D eigenvalue weighted by molar-refractivity contribution is 5.93. The summed E-state index contributed by atoms with van der Waals surface area (Å²) in [5.74, 6) is 1.32. The van der Waals surface area contributed by atoms with Crippen molar-refractivity contribution < 1.29 is 14.5 Å². The molecule has 188 valence electrons. The van der Waals surface area contributed by atoms with Gasteiger partial charge in [-0.2, -0.15) is 0 Å². The van der Waals surface area contributed by atoms with E-state index in [9.17, 15) is 14.9 Å². The molecule has 1 aliphatic heterocycles. The molecule has 2 aromatic carbocycles. The van der Waals surface area contributed by atoms with Gasteiger partial charge in [0.2, 0.25) is 5.91 Å². The van der Waals surface area contributed by atoms with Gasteiger partial charge in [-0.3, -0.25) is 14.9 Å². The Hall–Kier alpha value is -3.85. The molecule has 3 aromatic rings. The second-order valence-corrected chi connectivity index (χ2v) is 9.28. The van der Waals surface area contributed by atoms with E-state index in [0.717, 1.165) is 39.6 Å². The maximum Gasteiger partial charge on any atom is 0.270 e. The summed E-state index contributed by atoms with van der Waals surface area (Å²) in [6, 6.07) is 9.07. The number of fused-ring (bicyclic) bond motifs is 1. The van der Waals surface area contributed by atoms with Crippen LogP contribution in [0.1, 0.15) is 47.5 Å². The first kappa shape index (κ1) is 25.2. The number of nitrogens with one attached hydrogen (secondary N) is 1. The van der Waals surface area contributed by atoms with Crippen molar-refractivity contribution in [2.45, 2.75) is 40.2 Å². The number of nitrogens with zero attached hydrogens (tertiary/aromatic N) is 4. The lowest BCUT2D eigenvalue weighted by molar-refractivity contribution is -0.385. The minimum atomic E-state index is -0.371. The number of carbonyl (C=O) groups excluding carboxylic acids is 1. The number of hydrogen-bond donors (Lipinski definition) is 1. The van der Waals surface area contributed by atoms with Crippen molar-refractivity contribution in [3.05, 3.63) is 74.6 Å². The van der Waals surface area contributed by atoms with Crippen molar-refractivity contribution in [1.29, 1.82) is 0 Å². The molecule has 9 heteroatoms. The molecule has 0 fully saturated rings. The molecule has 0 saturated carbocycles. The Kier molecular flexibility index (Phi) is 7.30. The Labute approximate surface area is 210 Å². The average Bonchev–Trinajstić information content (AvgIpc) is 2.83. The molecule has 1 aromatic heterocycles. The largest absolute Gasteiger partial charge is 0.375 e. The van der Waals surface area contributed by atoms with E-state index in [1.54, 1.807) is 17.0 Å². The summed E-state index contributed by atoms with van der Waals surface area (Å²) in [5, 5.41) is 15.7. The van der Waals surface area contributed by atoms with Crippen molar-refractivity contribution in [2.24, 2.45) is 0 Å². The number of anilines is 1. The van der Waals surface area contributed by atoms with Gasteiger partial charge in [0.05, 0.1) is 16.5 Å². The molecular weight excluding hydrogens is 458 g/mol. The van der Waals surface area contributed by atoms with Gasteiger partial charge >= 0.3 is 0 Å². The molecule has 9 nitrogen and oxygen atoms in total. The third-order valence-corrected chi connectivity index (χ3v) is 6.48. The van der Waals surface area contributed by atoms with Gasteiger partial charge in [0.15, 0.2) is 0 Å². The van der Waals surface area contributed by atoms with Gasteiger partial charge in [0.1, 0.15) is 18.2 Å². The standard InChI is InChI=1S/C27H31N5O4/c1-16-10-21(13-22(11-16)32(34)35)18(3)28-27-24-14-23(17(2)12-25(24)29-19(4)30-27)20-6-8-31(9-7-20)26(33)15-36-5/h6,10-14,18H,7-9,15H2,1-5H3,(H,28,29,30)/t18-/m1/s1. The van der Waals surface area contributed by atoms with Crippen molar-refractivity contribution in [1.82, 2.24) is 14.9 Å². The topological polar surface area (TPSA) is 110 Å². The number of non-ortho nitro benzene ring substituents is 1. The molecular formula is C27H31N5O4. The molecule has 0 unspecified atom stereocenters. The van der Waals surface area contributed by atoms with E-state index in [2.05, 4.69) is 40.4 Å². The summed E-state index contributed by atoms with van der Waals surface area (Å²) in [6.07, 6.45) is 2.85. The maximum absolute atomic E-state index is 12.2. The molecule has 1 amide bonds. The fourth-order valence-electron chi connectivity index (χ4n) is 4.64. The Morgan fingerprint density at radius 1 is 1.19 bits per heavy atom. The van der Waals surface area contributed by atoms with Crippen LogP contribution in [-0.2, 0) is 9.53 Å². The molecule has 2 heterocycles. The van der Waals surface area contributed by atoms with Crippen LogP contribution in [0.4, 0.5) is 11.5 Å². The number of nitro groups is 1. The van der Waals surface area contributed by atoms with Crippen LogP contribution in [0, 0.1) is 30.9 Å². The Morgan fingerprint density at radius 3 is 2.64 bits per heavy atom. The van der Waals surface area contributed by atoms with E-state index in [-0.39, 0.29) is 29.2 Å². The number of amides is 1. The fraction of sp³-hybridized carbons (Fsp3) is 0.370. The lowest BCUT2D eigenvalue weighted by atomic mass is 9.93. The average molecular weight is 490 g/mol. The third kappa shape index (κ3) is 5.36. The molecule has 36 heavy (non-hydrogen) atoms. The SMILES string of the molecule is COCC(=O)N1CC=C(c2cc3c(N[C@H](C)c4cc(C)cc([N+](=O)[O-])c4)nc(C)nc3cc2C)CC1.